The van der Waals surface area contributed by atoms with Gasteiger partial charge in [-0.15, -0.1) is 0 Å². The Morgan fingerprint density at radius 3 is 2.47 bits per heavy atom. The first-order valence-corrected chi connectivity index (χ1v) is 6.63. The van der Waals surface area contributed by atoms with Gasteiger partial charge in [0.15, 0.2) is 0 Å². The Morgan fingerprint density at radius 2 is 1.84 bits per heavy atom. The van der Waals surface area contributed by atoms with Gasteiger partial charge in [-0.3, -0.25) is 0 Å². The second-order valence-electron chi connectivity index (χ2n) is 5.52. The maximum Gasteiger partial charge on any atom is 0.0673 e. The van der Waals surface area contributed by atoms with Gasteiger partial charge in [-0.05, 0) is 42.7 Å². The van der Waals surface area contributed by atoms with E-state index in [1.807, 2.05) is 12.1 Å². The standard InChI is InChI=1S/C17H19NO/c1-12-6-7-13(2)16(8-12)17(10-19-11-17)14-4-3-5-15(18)9-14/h3-9H,10-11,18H2,1-2H3. The van der Waals surface area contributed by atoms with E-state index in [1.54, 1.807) is 0 Å². The number of ether oxygens (including phenoxy) is 1. The van der Waals surface area contributed by atoms with Crippen molar-refractivity contribution in [2.45, 2.75) is 19.3 Å². The van der Waals surface area contributed by atoms with Gasteiger partial charge in [0.05, 0.1) is 18.6 Å². The molecule has 2 aromatic rings. The third-order valence-corrected chi connectivity index (χ3v) is 4.04. The Hall–Kier alpha value is -1.80. The molecule has 0 aliphatic carbocycles. The molecule has 0 spiro atoms. The minimum absolute atomic E-state index is 0.0223. The van der Waals surface area contributed by atoms with Crippen LogP contribution in [0.2, 0.25) is 0 Å². The van der Waals surface area contributed by atoms with E-state index in [4.69, 9.17) is 10.5 Å². The van der Waals surface area contributed by atoms with Gasteiger partial charge in [0.2, 0.25) is 0 Å². The topological polar surface area (TPSA) is 35.2 Å². The fourth-order valence-corrected chi connectivity index (χ4v) is 2.87. The van der Waals surface area contributed by atoms with Crippen LogP contribution in [0, 0.1) is 13.8 Å². The van der Waals surface area contributed by atoms with Gasteiger partial charge in [-0.25, -0.2) is 0 Å². The number of hydrogen-bond acceptors (Lipinski definition) is 2. The second kappa shape index (κ2) is 4.39. The van der Waals surface area contributed by atoms with Gasteiger partial charge in [-0.2, -0.15) is 0 Å². The van der Waals surface area contributed by atoms with Crippen molar-refractivity contribution in [3.8, 4) is 0 Å². The Bertz CT molecular complexity index is 614. The first-order valence-electron chi connectivity index (χ1n) is 6.63. The van der Waals surface area contributed by atoms with E-state index in [0.717, 1.165) is 18.9 Å². The van der Waals surface area contributed by atoms with Gasteiger partial charge in [-0.1, -0.05) is 35.9 Å². The summed E-state index contributed by atoms with van der Waals surface area (Å²) in [7, 11) is 0. The van der Waals surface area contributed by atoms with Crippen LogP contribution < -0.4 is 5.73 Å². The van der Waals surface area contributed by atoms with Crippen molar-refractivity contribution in [2.24, 2.45) is 0 Å². The van der Waals surface area contributed by atoms with E-state index in [1.165, 1.54) is 22.3 Å². The normalized spacial score (nSPS) is 16.9. The molecule has 1 saturated heterocycles. The lowest BCUT2D eigenvalue weighted by Gasteiger charge is -2.43. The van der Waals surface area contributed by atoms with Crippen LogP contribution in [0.5, 0.6) is 0 Å². The summed E-state index contributed by atoms with van der Waals surface area (Å²) < 4.78 is 5.54. The summed E-state index contributed by atoms with van der Waals surface area (Å²) >= 11 is 0. The number of nitrogens with two attached hydrogens (primary N) is 1. The Labute approximate surface area is 114 Å². The molecule has 19 heavy (non-hydrogen) atoms. The van der Waals surface area contributed by atoms with Crippen LogP contribution in [0.3, 0.4) is 0 Å². The Balaban J connectivity index is 2.16. The van der Waals surface area contributed by atoms with Crippen molar-refractivity contribution in [1.29, 1.82) is 0 Å². The quantitative estimate of drug-likeness (QED) is 0.834. The van der Waals surface area contributed by atoms with E-state index < -0.39 is 0 Å². The molecule has 2 nitrogen and oxygen atoms in total. The summed E-state index contributed by atoms with van der Waals surface area (Å²) in [6.45, 7) is 5.78. The van der Waals surface area contributed by atoms with E-state index in [-0.39, 0.29) is 5.41 Å². The number of benzene rings is 2. The van der Waals surface area contributed by atoms with Gasteiger partial charge in [0.25, 0.3) is 0 Å². The lowest BCUT2D eigenvalue weighted by atomic mass is 9.71. The van der Waals surface area contributed by atoms with Crippen LogP contribution in [0.1, 0.15) is 22.3 Å². The smallest absolute Gasteiger partial charge is 0.0673 e. The molecule has 1 aliphatic rings. The first kappa shape index (κ1) is 12.2. The summed E-state index contributed by atoms with van der Waals surface area (Å²) in [6.07, 6.45) is 0. The molecule has 2 heteroatoms. The van der Waals surface area contributed by atoms with Crippen LogP contribution in [-0.2, 0) is 10.2 Å². The highest BCUT2D eigenvalue weighted by atomic mass is 16.5. The number of aryl methyl sites for hydroxylation is 2. The van der Waals surface area contributed by atoms with Crippen molar-refractivity contribution >= 4 is 5.69 Å². The molecule has 1 fully saturated rings. The minimum atomic E-state index is -0.0223. The fraction of sp³-hybridized carbons (Fsp3) is 0.294. The molecule has 2 aromatic carbocycles. The molecular formula is C17H19NO. The summed E-state index contributed by atoms with van der Waals surface area (Å²) in [6, 6.07) is 14.8. The summed E-state index contributed by atoms with van der Waals surface area (Å²) in [5, 5.41) is 0. The highest BCUT2D eigenvalue weighted by molar-refractivity contribution is 5.51. The molecular weight excluding hydrogens is 234 g/mol. The number of nitrogen functional groups attached to an aromatic ring is 1. The summed E-state index contributed by atoms with van der Waals surface area (Å²) in [5.74, 6) is 0. The average Bonchev–Trinajstić information content (AvgIpc) is 2.32. The van der Waals surface area contributed by atoms with E-state index in [0.29, 0.717) is 0 Å². The molecule has 0 radical (unpaired) electrons. The molecule has 0 atom stereocenters. The van der Waals surface area contributed by atoms with E-state index in [9.17, 15) is 0 Å². The number of rotatable bonds is 2. The number of hydrogen-bond donors (Lipinski definition) is 1. The van der Waals surface area contributed by atoms with E-state index in [2.05, 4.69) is 44.2 Å². The molecule has 2 N–H and O–H groups in total. The first-order chi connectivity index (χ1) is 9.12. The maximum atomic E-state index is 5.94. The molecule has 0 aromatic heterocycles. The van der Waals surface area contributed by atoms with Crippen molar-refractivity contribution in [1.82, 2.24) is 0 Å². The summed E-state index contributed by atoms with van der Waals surface area (Å²) in [5.41, 5.74) is 12.0. The zero-order valence-corrected chi connectivity index (χ0v) is 11.4. The predicted octanol–water partition coefficient (Wildman–Crippen LogP) is 3.20. The maximum absolute atomic E-state index is 5.94. The summed E-state index contributed by atoms with van der Waals surface area (Å²) in [4.78, 5) is 0. The van der Waals surface area contributed by atoms with Gasteiger partial charge in [0.1, 0.15) is 0 Å². The molecule has 3 rings (SSSR count). The highest BCUT2D eigenvalue weighted by Gasteiger charge is 2.43. The third kappa shape index (κ3) is 1.92. The van der Waals surface area contributed by atoms with Crippen molar-refractivity contribution in [3.05, 3.63) is 64.7 Å². The van der Waals surface area contributed by atoms with Crippen LogP contribution >= 0.6 is 0 Å². The second-order valence-corrected chi connectivity index (χ2v) is 5.52. The molecule has 1 heterocycles. The van der Waals surface area contributed by atoms with Crippen LogP contribution in [0.25, 0.3) is 0 Å². The van der Waals surface area contributed by atoms with Gasteiger partial charge in [0, 0.05) is 5.69 Å². The molecule has 1 aliphatic heterocycles. The molecule has 0 saturated carbocycles. The largest absolute Gasteiger partial charge is 0.399 e. The van der Waals surface area contributed by atoms with Crippen molar-refractivity contribution in [2.75, 3.05) is 18.9 Å². The Morgan fingerprint density at radius 1 is 1.05 bits per heavy atom. The zero-order chi connectivity index (χ0) is 13.5. The van der Waals surface area contributed by atoms with Crippen LogP contribution in [0.4, 0.5) is 5.69 Å². The molecule has 0 bridgehead atoms. The van der Waals surface area contributed by atoms with Gasteiger partial charge >= 0.3 is 0 Å². The molecule has 0 amide bonds. The lowest BCUT2D eigenvalue weighted by Crippen LogP contribution is -2.48. The van der Waals surface area contributed by atoms with Crippen molar-refractivity contribution in [3.63, 3.8) is 0 Å². The van der Waals surface area contributed by atoms with Crippen LogP contribution in [-0.4, -0.2) is 13.2 Å². The van der Waals surface area contributed by atoms with E-state index >= 15 is 0 Å². The molecule has 0 unspecified atom stereocenters. The number of anilines is 1. The lowest BCUT2D eigenvalue weighted by molar-refractivity contribution is -0.0382. The predicted molar refractivity (Wildman–Crippen MR) is 78.4 cm³/mol. The average molecular weight is 253 g/mol. The van der Waals surface area contributed by atoms with Crippen molar-refractivity contribution < 1.29 is 4.74 Å². The fourth-order valence-electron chi connectivity index (χ4n) is 2.87. The Kier molecular flexibility index (Phi) is 2.83. The SMILES string of the molecule is Cc1ccc(C)c(C2(c3cccc(N)c3)COC2)c1. The zero-order valence-electron chi connectivity index (χ0n) is 11.4. The highest BCUT2D eigenvalue weighted by Crippen LogP contribution is 2.41. The van der Waals surface area contributed by atoms with Crippen LogP contribution in [0.15, 0.2) is 42.5 Å². The monoisotopic (exact) mass is 253 g/mol. The van der Waals surface area contributed by atoms with Gasteiger partial charge < -0.3 is 10.5 Å². The third-order valence-electron chi connectivity index (χ3n) is 4.04. The minimum Gasteiger partial charge on any atom is -0.399 e. The molecule has 98 valence electrons.